The van der Waals surface area contributed by atoms with Gasteiger partial charge in [-0.15, -0.1) is 0 Å². The van der Waals surface area contributed by atoms with Gasteiger partial charge in [-0.05, 0) is 5.82 Å². The Kier molecular flexibility index (Phi) is 5.07. The van der Waals surface area contributed by atoms with Crippen LogP contribution in [0.15, 0.2) is 42.7 Å². The van der Waals surface area contributed by atoms with Gasteiger partial charge in [0.05, 0.1) is 7.37 Å². The number of hydrogen-bond donors (Lipinski definition) is 0. The Morgan fingerprint density at radius 1 is 1.33 bits per heavy atom. The predicted octanol–water partition coefficient (Wildman–Crippen LogP) is -1.90. The van der Waals surface area contributed by atoms with Gasteiger partial charge in [-0.1, -0.05) is 36.9 Å². The first-order valence-electron chi connectivity index (χ1n) is 3.17. The van der Waals surface area contributed by atoms with Crippen LogP contribution in [-0.4, -0.2) is 0 Å². The predicted molar refractivity (Wildman–Crippen MR) is 43.9 cm³/mol. The van der Waals surface area contributed by atoms with Crippen LogP contribution in [0.5, 0.6) is 0 Å². The normalized spacial score (nSPS) is 14.1. The molecule has 0 aromatic heterocycles. The third kappa shape index (κ3) is 2.89. The van der Waals surface area contributed by atoms with E-state index in [0.717, 1.165) is 5.82 Å². The van der Waals surface area contributed by atoms with Gasteiger partial charge in [0.15, 0.2) is 0 Å². The molecule has 0 saturated heterocycles. The second-order valence-electron chi connectivity index (χ2n) is 2.12. The molecule has 0 aliphatic heterocycles. The molecule has 0 amide bonds. The van der Waals surface area contributed by atoms with E-state index in [4.69, 9.17) is 0 Å². The van der Waals surface area contributed by atoms with Crippen molar-refractivity contribution in [3.8, 4) is 0 Å². The summed E-state index contributed by atoms with van der Waals surface area (Å²) in [7, 11) is -3.51. The molecule has 1 aromatic carbocycles. The van der Waals surface area contributed by atoms with Crippen LogP contribution >= 0.6 is 7.37 Å². The average molecular weight is 190 g/mol. The molecule has 0 heterocycles. The third-order valence-electron chi connectivity index (χ3n) is 1.36. The topological polar surface area (TPSA) is 40.1 Å². The maximum absolute atomic E-state index is 11.1. The van der Waals surface area contributed by atoms with Crippen LogP contribution in [0.1, 0.15) is 0 Å². The zero-order valence-corrected chi connectivity index (χ0v) is 9.83. The van der Waals surface area contributed by atoms with Gasteiger partial charge in [0, 0.05) is 5.30 Å². The van der Waals surface area contributed by atoms with Crippen molar-refractivity contribution in [1.29, 1.82) is 0 Å². The zero-order valence-electron chi connectivity index (χ0n) is 6.93. The Bertz CT molecular complexity index is 297. The minimum Gasteiger partial charge on any atom is -0.793 e. The minimum atomic E-state index is -3.51. The molecular weight excluding hydrogens is 182 g/mol. The Morgan fingerprint density at radius 3 is 2.25 bits per heavy atom. The molecule has 1 unspecified atom stereocenters. The number of benzene rings is 1. The molecule has 0 spiro atoms. The summed E-state index contributed by atoms with van der Waals surface area (Å²) in [5.74, 6) is 0.975. The molecule has 0 fully saturated rings. The Labute approximate surface area is 94.1 Å². The Hall–Kier alpha value is 0.150. The van der Waals surface area contributed by atoms with Gasteiger partial charge < -0.3 is 9.46 Å². The van der Waals surface area contributed by atoms with Crippen molar-refractivity contribution in [2.45, 2.75) is 0 Å². The van der Waals surface area contributed by atoms with Crippen LogP contribution in [0.4, 0.5) is 0 Å². The maximum Gasteiger partial charge on any atom is 1.00 e. The van der Waals surface area contributed by atoms with E-state index in [1.165, 1.54) is 0 Å². The summed E-state index contributed by atoms with van der Waals surface area (Å²) < 4.78 is 11.1. The summed E-state index contributed by atoms with van der Waals surface area (Å²) in [5.41, 5.74) is 0. The van der Waals surface area contributed by atoms with E-state index in [-0.39, 0.29) is 29.6 Å². The van der Waals surface area contributed by atoms with Gasteiger partial charge in [0.2, 0.25) is 0 Å². The number of rotatable bonds is 2. The SMILES string of the molecule is C=CP(=O)([O-])c1ccccc1.[Na+]. The molecule has 1 aromatic rings. The quantitative estimate of drug-likeness (QED) is 0.403. The molecule has 0 saturated carbocycles. The molecule has 12 heavy (non-hydrogen) atoms. The summed E-state index contributed by atoms with van der Waals surface area (Å²) >= 11 is 0. The van der Waals surface area contributed by atoms with Gasteiger partial charge in [0.25, 0.3) is 0 Å². The van der Waals surface area contributed by atoms with Crippen LogP contribution in [-0.2, 0) is 4.57 Å². The van der Waals surface area contributed by atoms with Crippen molar-refractivity contribution in [1.82, 2.24) is 0 Å². The fourth-order valence-corrected chi connectivity index (χ4v) is 1.54. The molecule has 4 heteroatoms. The second-order valence-corrected chi connectivity index (χ2v) is 4.19. The van der Waals surface area contributed by atoms with E-state index < -0.39 is 7.37 Å². The smallest absolute Gasteiger partial charge is 0.793 e. The summed E-state index contributed by atoms with van der Waals surface area (Å²) in [6.07, 6.45) is 0. The van der Waals surface area contributed by atoms with Gasteiger partial charge in [0.1, 0.15) is 0 Å². The molecule has 0 aliphatic carbocycles. The molecule has 0 bridgehead atoms. The Morgan fingerprint density at radius 2 is 1.83 bits per heavy atom. The Balaban J connectivity index is 0.00000121. The first-order chi connectivity index (χ1) is 5.17. The van der Waals surface area contributed by atoms with Crippen LogP contribution in [0.3, 0.4) is 0 Å². The van der Waals surface area contributed by atoms with Gasteiger partial charge in [-0.25, -0.2) is 0 Å². The molecule has 2 nitrogen and oxygen atoms in total. The van der Waals surface area contributed by atoms with Gasteiger partial charge >= 0.3 is 29.6 Å². The monoisotopic (exact) mass is 190 g/mol. The molecule has 0 radical (unpaired) electrons. The summed E-state index contributed by atoms with van der Waals surface area (Å²) in [6, 6.07) is 8.24. The van der Waals surface area contributed by atoms with E-state index in [9.17, 15) is 9.46 Å². The summed E-state index contributed by atoms with van der Waals surface area (Å²) in [5, 5.41) is 0.315. The van der Waals surface area contributed by atoms with Crippen molar-refractivity contribution >= 4 is 12.7 Å². The molecular formula is C8H8NaO2P. The standard InChI is InChI=1S/C8H9O2P.Na/c1-2-11(9,10)8-6-4-3-5-7-8;/h2-7H,1H2,(H,9,10);/q;+1/p-1. The van der Waals surface area contributed by atoms with Gasteiger partial charge in [-0.2, -0.15) is 0 Å². The van der Waals surface area contributed by atoms with Crippen molar-refractivity contribution in [3.05, 3.63) is 42.7 Å². The van der Waals surface area contributed by atoms with Crippen LogP contribution in [0.2, 0.25) is 0 Å². The first kappa shape index (κ1) is 12.2. The van der Waals surface area contributed by atoms with Crippen LogP contribution in [0, 0.1) is 0 Å². The average Bonchev–Trinajstić information content (AvgIpc) is 2.06. The van der Waals surface area contributed by atoms with Crippen LogP contribution in [0.25, 0.3) is 0 Å². The van der Waals surface area contributed by atoms with Crippen molar-refractivity contribution < 1.29 is 39.0 Å². The molecule has 1 atom stereocenters. The van der Waals surface area contributed by atoms with Crippen molar-refractivity contribution in [3.63, 3.8) is 0 Å². The molecule has 1 rings (SSSR count). The maximum atomic E-state index is 11.1. The van der Waals surface area contributed by atoms with Crippen molar-refractivity contribution in [2.75, 3.05) is 0 Å². The second kappa shape index (κ2) is 5.00. The number of hydrogen-bond acceptors (Lipinski definition) is 2. The fraction of sp³-hybridized carbons (Fsp3) is 0. The molecule has 58 valence electrons. The summed E-state index contributed by atoms with van der Waals surface area (Å²) in [4.78, 5) is 11.1. The largest absolute Gasteiger partial charge is 1.00 e. The van der Waals surface area contributed by atoms with Crippen LogP contribution < -0.4 is 39.8 Å². The van der Waals surface area contributed by atoms with E-state index in [2.05, 4.69) is 6.58 Å². The zero-order chi connectivity index (χ0) is 8.32. The third-order valence-corrected chi connectivity index (χ3v) is 2.86. The molecule has 0 N–H and O–H groups in total. The minimum absolute atomic E-state index is 0. The fourth-order valence-electron chi connectivity index (χ4n) is 0.741. The van der Waals surface area contributed by atoms with E-state index in [0.29, 0.717) is 5.30 Å². The van der Waals surface area contributed by atoms with E-state index in [1.807, 2.05) is 0 Å². The first-order valence-corrected chi connectivity index (χ1v) is 4.86. The molecule has 0 aliphatic rings. The van der Waals surface area contributed by atoms with E-state index >= 15 is 0 Å². The summed E-state index contributed by atoms with van der Waals surface area (Å²) in [6.45, 7) is 3.23. The van der Waals surface area contributed by atoms with Crippen molar-refractivity contribution in [2.24, 2.45) is 0 Å². The van der Waals surface area contributed by atoms with Gasteiger partial charge in [-0.3, -0.25) is 0 Å². The van der Waals surface area contributed by atoms with E-state index in [1.54, 1.807) is 30.3 Å².